The Labute approximate surface area is 170 Å². The Kier molecular flexibility index (Phi) is 7.00. The third-order valence-corrected chi connectivity index (χ3v) is 4.71. The number of imidazole rings is 1. The van der Waals surface area contributed by atoms with Crippen LogP contribution in [0, 0.1) is 0 Å². The lowest BCUT2D eigenvalue weighted by Crippen LogP contribution is -2.23. The van der Waals surface area contributed by atoms with Crippen LogP contribution in [0.1, 0.15) is 36.6 Å². The zero-order valence-electron chi connectivity index (χ0n) is 16.8. The first-order valence-corrected chi connectivity index (χ1v) is 9.75. The zero-order chi connectivity index (χ0) is 20.6. The number of esters is 2. The lowest BCUT2D eigenvalue weighted by molar-refractivity contribution is -0.146. The molecule has 1 aliphatic carbocycles. The van der Waals surface area contributed by atoms with Crippen molar-refractivity contribution in [2.24, 2.45) is 7.05 Å². The van der Waals surface area contributed by atoms with Crippen LogP contribution in [-0.4, -0.2) is 33.7 Å². The first kappa shape index (κ1) is 20.6. The van der Waals surface area contributed by atoms with E-state index in [2.05, 4.69) is 4.98 Å². The molecule has 1 aromatic heterocycles. The number of nitrogens with zero attached hydrogens (tertiary/aromatic N) is 2. The molecule has 2 aromatic rings. The summed E-state index contributed by atoms with van der Waals surface area (Å²) in [7, 11) is 1.87. The Bertz CT molecular complexity index is 913. The predicted octanol–water partition coefficient (Wildman–Crippen LogP) is 3.41. The Balaban J connectivity index is 1.71. The van der Waals surface area contributed by atoms with Crippen molar-refractivity contribution < 1.29 is 19.1 Å². The Morgan fingerprint density at radius 2 is 1.69 bits per heavy atom. The number of hydrogen-bond donors (Lipinski definition) is 0. The molecule has 29 heavy (non-hydrogen) atoms. The van der Waals surface area contributed by atoms with Gasteiger partial charge in [0.25, 0.3) is 0 Å². The van der Waals surface area contributed by atoms with E-state index in [0.717, 1.165) is 11.1 Å². The first-order valence-electron chi connectivity index (χ1n) is 9.75. The second-order valence-electron chi connectivity index (χ2n) is 7.21. The number of ether oxygens (including phenoxy) is 2. The number of carbonyl (C=O) groups is 2. The smallest absolute Gasteiger partial charge is 0.331 e. The zero-order valence-corrected chi connectivity index (χ0v) is 16.8. The van der Waals surface area contributed by atoms with Gasteiger partial charge in [0.05, 0.1) is 12.0 Å². The molecule has 0 saturated heterocycles. The van der Waals surface area contributed by atoms with Crippen LogP contribution in [-0.2, 0) is 39.0 Å². The van der Waals surface area contributed by atoms with Gasteiger partial charge in [-0.2, -0.15) is 0 Å². The van der Waals surface area contributed by atoms with Crippen molar-refractivity contribution >= 4 is 18.0 Å². The highest BCUT2D eigenvalue weighted by Crippen LogP contribution is 2.21. The van der Waals surface area contributed by atoms with Gasteiger partial charge in [0.2, 0.25) is 0 Å². The Morgan fingerprint density at radius 3 is 2.24 bits per heavy atom. The Hall–Kier alpha value is -3.15. The first-order chi connectivity index (χ1) is 14.0. The lowest BCUT2D eigenvalue weighted by Gasteiger charge is -2.22. The molecule has 0 spiro atoms. The van der Waals surface area contributed by atoms with Crippen molar-refractivity contribution in [2.75, 3.05) is 0 Å². The molecule has 0 saturated carbocycles. The van der Waals surface area contributed by atoms with E-state index in [4.69, 9.17) is 9.47 Å². The summed E-state index contributed by atoms with van der Waals surface area (Å²) in [6, 6.07) is 8.02. The molecular formula is C23H26N2O4. The monoisotopic (exact) mass is 394 g/mol. The van der Waals surface area contributed by atoms with E-state index in [9.17, 15) is 9.59 Å². The minimum absolute atomic E-state index is 0.190. The number of hydrogen-bond acceptors (Lipinski definition) is 5. The van der Waals surface area contributed by atoms with E-state index in [1.54, 1.807) is 12.4 Å². The summed E-state index contributed by atoms with van der Waals surface area (Å²) in [5.74, 6) is -0.661. The molecule has 0 N–H and O–H groups in total. The number of aromatic nitrogens is 2. The van der Waals surface area contributed by atoms with Crippen molar-refractivity contribution in [2.45, 2.75) is 44.8 Å². The minimum atomic E-state index is -0.388. The van der Waals surface area contributed by atoms with Gasteiger partial charge in [-0.1, -0.05) is 36.4 Å². The van der Waals surface area contributed by atoms with Crippen LogP contribution < -0.4 is 0 Å². The van der Waals surface area contributed by atoms with Crippen molar-refractivity contribution in [1.82, 2.24) is 9.55 Å². The standard InChI is InChI=1S/C23H26N2O4/c1-17(26)28-21-9-5-6-10-22(14-19-8-4-3-7-18(19)13-21)29-23(27)12-11-20-15-25(2)16-24-20/h3-8,11-12,15-16,21-22H,9-10,13-14H2,1-2H3. The average Bonchev–Trinajstić information content (AvgIpc) is 3.09. The topological polar surface area (TPSA) is 70.4 Å². The average molecular weight is 394 g/mol. The van der Waals surface area contributed by atoms with E-state index in [1.807, 2.05) is 54.2 Å². The molecule has 2 unspecified atom stereocenters. The third kappa shape index (κ3) is 6.45. The molecule has 3 rings (SSSR count). The highest BCUT2D eigenvalue weighted by molar-refractivity contribution is 5.86. The SMILES string of the molecule is CC(=O)OC1CC=CCC(OC(=O)C=Cc2cn(C)cn2)Cc2ccccc2C1. The van der Waals surface area contributed by atoms with E-state index in [1.165, 1.54) is 13.0 Å². The molecule has 6 heteroatoms. The van der Waals surface area contributed by atoms with Gasteiger partial charge in [0.1, 0.15) is 12.2 Å². The molecule has 1 aromatic carbocycles. The van der Waals surface area contributed by atoms with Gasteiger partial charge < -0.3 is 14.0 Å². The molecule has 0 amide bonds. The Morgan fingerprint density at radius 1 is 1.07 bits per heavy atom. The summed E-state index contributed by atoms with van der Waals surface area (Å²) >= 11 is 0. The minimum Gasteiger partial charge on any atom is -0.462 e. The number of carbonyl (C=O) groups excluding carboxylic acids is 2. The van der Waals surface area contributed by atoms with Crippen LogP contribution in [0.4, 0.5) is 0 Å². The molecule has 6 nitrogen and oxygen atoms in total. The normalized spacial score (nSPS) is 19.5. The van der Waals surface area contributed by atoms with Crippen LogP contribution in [0.15, 0.2) is 55.0 Å². The van der Waals surface area contributed by atoms with E-state index in [0.29, 0.717) is 31.4 Å². The fourth-order valence-corrected chi connectivity index (χ4v) is 3.40. The predicted molar refractivity (Wildman–Crippen MR) is 110 cm³/mol. The summed E-state index contributed by atoms with van der Waals surface area (Å²) in [6.45, 7) is 1.43. The molecule has 1 aliphatic rings. The summed E-state index contributed by atoms with van der Waals surface area (Å²) in [6.07, 6.45) is 12.6. The van der Waals surface area contributed by atoms with Crippen molar-refractivity contribution in [3.8, 4) is 0 Å². The quantitative estimate of drug-likeness (QED) is 0.452. The second kappa shape index (κ2) is 9.87. The highest BCUT2D eigenvalue weighted by atomic mass is 16.5. The molecule has 0 bridgehead atoms. The summed E-state index contributed by atoms with van der Waals surface area (Å²) in [5, 5.41) is 0. The summed E-state index contributed by atoms with van der Waals surface area (Å²) in [5.41, 5.74) is 2.92. The van der Waals surface area contributed by atoms with E-state index in [-0.39, 0.29) is 24.1 Å². The van der Waals surface area contributed by atoms with Crippen LogP contribution in [0.25, 0.3) is 6.08 Å². The molecule has 0 radical (unpaired) electrons. The van der Waals surface area contributed by atoms with Gasteiger partial charge in [-0.15, -0.1) is 0 Å². The number of rotatable bonds is 4. The van der Waals surface area contributed by atoms with Crippen molar-refractivity contribution in [3.63, 3.8) is 0 Å². The van der Waals surface area contributed by atoms with Gasteiger partial charge >= 0.3 is 11.9 Å². The summed E-state index contributed by atoms with van der Waals surface area (Å²) < 4.78 is 13.0. The molecule has 0 fully saturated rings. The number of aryl methyl sites for hydroxylation is 1. The van der Waals surface area contributed by atoms with Gasteiger partial charge in [0, 0.05) is 51.9 Å². The molecular weight excluding hydrogens is 368 g/mol. The van der Waals surface area contributed by atoms with Gasteiger partial charge in [-0.25, -0.2) is 9.78 Å². The fourth-order valence-electron chi connectivity index (χ4n) is 3.40. The van der Waals surface area contributed by atoms with Crippen LogP contribution in [0.5, 0.6) is 0 Å². The summed E-state index contributed by atoms with van der Waals surface area (Å²) in [4.78, 5) is 27.9. The molecule has 152 valence electrons. The van der Waals surface area contributed by atoms with Crippen LogP contribution >= 0.6 is 0 Å². The maximum absolute atomic E-state index is 12.3. The van der Waals surface area contributed by atoms with Crippen molar-refractivity contribution in [3.05, 3.63) is 71.8 Å². The van der Waals surface area contributed by atoms with Gasteiger partial charge in [-0.3, -0.25) is 4.79 Å². The molecule has 0 aliphatic heterocycles. The largest absolute Gasteiger partial charge is 0.462 e. The second-order valence-corrected chi connectivity index (χ2v) is 7.21. The van der Waals surface area contributed by atoms with Crippen LogP contribution in [0.3, 0.4) is 0 Å². The highest BCUT2D eigenvalue weighted by Gasteiger charge is 2.19. The van der Waals surface area contributed by atoms with Crippen molar-refractivity contribution in [1.29, 1.82) is 0 Å². The number of fused-ring (bicyclic) bond motifs is 1. The van der Waals surface area contributed by atoms with Crippen LogP contribution in [0.2, 0.25) is 0 Å². The molecule has 2 atom stereocenters. The van der Waals surface area contributed by atoms with Gasteiger partial charge in [0.15, 0.2) is 0 Å². The third-order valence-electron chi connectivity index (χ3n) is 4.71. The van der Waals surface area contributed by atoms with Gasteiger partial charge in [-0.05, 0) is 17.2 Å². The fraction of sp³-hybridized carbons (Fsp3) is 0.348. The van der Waals surface area contributed by atoms with E-state index >= 15 is 0 Å². The number of benzene rings is 1. The van der Waals surface area contributed by atoms with E-state index < -0.39 is 0 Å². The lowest BCUT2D eigenvalue weighted by atomic mass is 9.94. The maximum Gasteiger partial charge on any atom is 0.331 e. The maximum atomic E-state index is 12.3. The molecule has 1 heterocycles.